The Morgan fingerprint density at radius 2 is 2.05 bits per heavy atom. The largest absolute Gasteiger partial charge is 0.480 e. The molecule has 0 heterocycles. The van der Waals surface area contributed by atoms with Crippen LogP contribution in [0.4, 0.5) is 0 Å². The summed E-state index contributed by atoms with van der Waals surface area (Å²) < 4.78 is 0. The van der Waals surface area contributed by atoms with Crippen LogP contribution in [0.25, 0.3) is 0 Å². The van der Waals surface area contributed by atoms with Gasteiger partial charge in [-0.1, -0.05) is 26.0 Å². The van der Waals surface area contributed by atoms with E-state index in [1.165, 1.54) is 0 Å². The number of nitrogens with one attached hydrogen (secondary N) is 1. The van der Waals surface area contributed by atoms with Gasteiger partial charge in [0.05, 0.1) is 0 Å². The molecule has 0 bridgehead atoms. The third kappa shape index (κ3) is 8.13. The van der Waals surface area contributed by atoms with Crippen LogP contribution in [0.5, 0.6) is 0 Å². The van der Waals surface area contributed by atoms with Crippen LogP contribution in [0, 0.1) is 5.92 Å². The first-order valence-electron chi connectivity index (χ1n) is 6.58. The van der Waals surface area contributed by atoms with Crippen molar-refractivity contribution in [3.05, 3.63) is 12.2 Å². The number of hydrogen-bond acceptors (Lipinski definition) is 3. The Balaban J connectivity index is 4.34. The van der Waals surface area contributed by atoms with E-state index in [1.807, 2.05) is 26.0 Å². The van der Waals surface area contributed by atoms with Crippen LogP contribution in [-0.2, 0) is 14.4 Å². The zero-order valence-electron chi connectivity index (χ0n) is 11.5. The van der Waals surface area contributed by atoms with Crippen LogP contribution in [0.2, 0.25) is 0 Å². The van der Waals surface area contributed by atoms with Gasteiger partial charge in [-0.25, -0.2) is 4.79 Å². The van der Waals surface area contributed by atoms with Crippen LogP contribution >= 0.6 is 0 Å². The van der Waals surface area contributed by atoms with Gasteiger partial charge in [-0.05, 0) is 25.2 Å². The fourth-order valence-electron chi connectivity index (χ4n) is 1.63. The van der Waals surface area contributed by atoms with Crippen LogP contribution in [0.1, 0.15) is 46.0 Å². The van der Waals surface area contributed by atoms with Gasteiger partial charge in [0.2, 0.25) is 5.91 Å². The third-order valence-corrected chi connectivity index (χ3v) is 2.78. The summed E-state index contributed by atoms with van der Waals surface area (Å²) in [5, 5.41) is 11.4. The van der Waals surface area contributed by atoms with Gasteiger partial charge in [-0.2, -0.15) is 0 Å². The highest BCUT2D eigenvalue weighted by Gasteiger charge is 2.20. The molecule has 0 aromatic carbocycles. The molecule has 0 fully saturated rings. The summed E-state index contributed by atoms with van der Waals surface area (Å²) in [4.78, 5) is 32.8. The number of hydrogen-bond donors (Lipinski definition) is 2. The van der Waals surface area contributed by atoms with Crippen molar-refractivity contribution in [1.29, 1.82) is 0 Å². The Labute approximate surface area is 114 Å². The average molecular weight is 268 g/mol. The highest BCUT2D eigenvalue weighted by Crippen LogP contribution is 2.11. The molecule has 0 aliphatic rings. The molecule has 0 unspecified atom stereocenters. The molecule has 2 atom stereocenters. The molecule has 1 amide bonds. The summed E-state index contributed by atoms with van der Waals surface area (Å²) in [6.07, 6.45) is 7.68. The number of allylic oxidation sites excluding steroid dienone is 2. The van der Waals surface area contributed by atoms with E-state index in [4.69, 9.17) is 5.11 Å². The van der Waals surface area contributed by atoms with Gasteiger partial charge < -0.3 is 10.4 Å². The van der Waals surface area contributed by atoms with Crippen LogP contribution in [0.15, 0.2) is 12.2 Å². The molecule has 5 nitrogen and oxygen atoms in total. The second kappa shape index (κ2) is 10.3. The minimum atomic E-state index is -1.12. The Morgan fingerprint density at radius 3 is 2.53 bits per heavy atom. The number of amides is 1. The SMILES string of the molecule is CCC=C[C@H](CC)CC(=O)N[C@@H](CC[C]=O)C(=O)O. The first-order chi connectivity index (χ1) is 9.04. The second-order valence-corrected chi connectivity index (χ2v) is 4.35. The van der Waals surface area contributed by atoms with Crippen LogP contribution in [0.3, 0.4) is 0 Å². The molecule has 2 N–H and O–H groups in total. The van der Waals surface area contributed by atoms with Gasteiger partial charge in [0.1, 0.15) is 6.04 Å². The number of carbonyl (C=O) groups excluding carboxylic acids is 2. The fraction of sp³-hybridized carbons (Fsp3) is 0.643. The molecule has 0 saturated carbocycles. The first-order valence-corrected chi connectivity index (χ1v) is 6.58. The Morgan fingerprint density at radius 1 is 1.37 bits per heavy atom. The van der Waals surface area contributed by atoms with Crippen molar-refractivity contribution in [3.8, 4) is 0 Å². The fourth-order valence-corrected chi connectivity index (χ4v) is 1.63. The third-order valence-electron chi connectivity index (χ3n) is 2.78. The van der Waals surface area contributed by atoms with Crippen LogP contribution < -0.4 is 5.32 Å². The summed E-state index contributed by atoms with van der Waals surface area (Å²) in [6, 6.07) is -1.01. The molecule has 1 radical (unpaired) electrons. The van der Waals surface area contributed by atoms with Crippen molar-refractivity contribution in [2.75, 3.05) is 0 Å². The lowest BCUT2D eigenvalue weighted by Gasteiger charge is -2.15. The van der Waals surface area contributed by atoms with E-state index < -0.39 is 12.0 Å². The number of rotatable bonds is 10. The quantitative estimate of drug-likeness (QED) is 0.592. The van der Waals surface area contributed by atoms with Gasteiger partial charge in [0.15, 0.2) is 6.29 Å². The highest BCUT2D eigenvalue weighted by molar-refractivity contribution is 5.83. The average Bonchev–Trinajstić information content (AvgIpc) is 2.38. The zero-order valence-corrected chi connectivity index (χ0v) is 11.5. The van der Waals surface area contributed by atoms with Gasteiger partial charge in [0, 0.05) is 12.8 Å². The van der Waals surface area contributed by atoms with Gasteiger partial charge in [-0.3, -0.25) is 9.59 Å². The van der Waals surface area contributed by atoms with Gasteiger partial charge >= 0.3 is 5.97 Å². The van der Waals surface area contributed by atoms with Crippen molar-refractivity contribution in [3.63, 3.8) is 0 Å². The van der Waals surface area contributed by atoms with Crippen molar-refractivity contribution in [2.24, 2.45) is 5.92 Å². The topological polar surface area (TPSA) is 83.5 Å². The Kier molecular flexibility index (Phi) is 9.40. The predicted octanol–water partition coefficient (Wildman–Crippen LogP) is 1.83. The summed E-state index contributed by atoms with van der Waals surface area (Å²) in [6.45, 7) is 3.99. The van der Waals surface area contributed by atoms with E-state index in [2.05, 4.69) is 5.32 Å². The smallest absolute Gasteiger partial charge is 0.326 e. The maximum absolute atomic E-state index is 11.7. The van der Waals surface area contributed by atoms with E-state index in [1.54, 1.807) is 6.29 Å². The molecule has 0 rings (SSSR count). The number of carboxylic acids is 1. The Hall–Kier alpha value is -1.65. The van der Waals surface area contributed by atoms with E-state index in [0.29, 0.717) is 0 Å². The number of carbonyl (C=O) groups is 2. The number of aliphatic carboxylic acids is 1. The lowest BCUT2D eigenvalue weighted by atomic mass is 10.0. The second-order valence-electron chi connectivity index (χ2n) is 4.35. The highest BCUT2D eigenvalue weighted by atomic mass is 16.4. The lowest BCUT2D eigenvalue weighted by molar-refractivity contribution is -0.142. The van der Waals surface area contributed by atoms with Gasteiger partial charge in [0.25, 0.3) is 0 Å². The summed E-state index contributed by atoms with van der Waals surface area (Å²) in [5.74, 6) is -1.31. The van der Waals surface area contributed by atoms with E-state index >= 15 is 0 Å². The number of carboxylic acid groups (broad SMARTS) is 1. The van der Waals surface area contributed by atoms with Crippen molar-refractivity contribution >= 4 is 18.2 Å². The molecule has 0 spiro atoms. The zero-order chi connectivity index (χ0) is 14.7. The molecule has 0 aliphatic carbocycles. The standard InChI is InChI=1S/C14H22NO4/c1-3-5-7-11(4-2)10-13(17)15-12(14(18)19)8-6-9-16/h5,7,11-12H,3-4,6,8,10H2,1-2H3,(H,15,17)(H,18,19)/t11-,12-/m0/s1. The minimum absolute atomic E-state index is 0.00416. The first kappa shape index (κ1) is 17.4. The van der Waals surface area contributed by atoms with E-state index in [-0.39, 0.29) is 31.1 Å². The molecular formula is C14H22NO4. The summed E-state index contributed by atoms with van der Waals surface area (Å²) >= 11 is 0. The predicted molar refractivity (Wildman–Crippen MR) is 72.3 cm³/mol. The van der Waals surface area contributed by atoms with Crippen molar-refractivity contribution < 1.29 is 19.5 Å². The van der Waals surface area contributed by atoms with E-state index in [9.17, 15) is 14.4 Å². The Bertz CT molecular complexity index is 325. The molecule has 0 aromatic heterocycles. The minimum Gasteiger partial charge on any atom is -0.480 e. The van der Waals surface area contributed by atoms with Crippen LogP contribution in [-0.4, -0.2) is 29.3 Å². The molecule has 0 aliphatic heterocycles. The molecule has 107 valence electrons. The maximum Gasteiger partial charge on any atom is 0.326 e. The molecule has 0 saturated heterocycles. The molecule has 0 aromatic rings. The molecule has 5 heteroatoms. The molecule has 19 heavy (non-hydrogen) atoms. The normalized spacial score (nSPS) is 14.0. The molecular weight excluding hydrogens is 246 g/mol. The van der Waals surface area contributed by atoms with Crippen molar-refractivity contribution in [1.82, 2.24) is 5.32 Å². The lowest BCUT2D eigenvalue weighted by Crippen LogP contribution is -2.41. The summed E-state index contributed by atoms with van der Waals surface area (Å²) in [5.41, 5.74) is 0. The summed E-state index contributed by atoms with van der Waals surface area (Å²) in [7, 11) is 0. The monoisotopic (exact) mass is 268 g/mol. The van der Waals surface area contributed by atoms with E-state index in [0.717, 1.165) is 12.8 Å². The van der Waals surface area contributed by atoms with Crippen molar-refractivity contribution in [2.45, 2.75) is 52.0 Å². The maximum atomic E-state index is 11.7. The van der Waals surface area contributed by atoms with Gasteiger partial charge in [-0.15, -0.1) is 0 Å².